The van der Waals surface area contributed by atoms with Gasteiger partial charge in [-0.1, -0.05) is 30.3 Å². The number of likely N-dealkylation sites (N-methyl/N-ethyl adjacent to an activating group) is 1. The van der Waals surface area contributed by atoms with Crippen LogP contribution in [0.4, 0.5) is 0 Å². The predicted octanol–water partition coefficient (Wildman–Crippen LogP) is 0.989. The van der Waals surface area contributed by atoms with E-state index in [0.717, 1.165) is 26.2 Å². The molecular weight excluding hydrogens is 467 g/mol. The Kier molecular flexibility index (Phi) is 8.97. The fourth-order valence-corrected chi connectivity index (χ4v) is 3.60. The zero-order valence-corrected chi connectivity index (χ0v) is 19.4. The first-order chi connectivity index (χ1) is 13.0. The number of nitrogens with zero attached hydrogens (tertiary/aromatic N) is 4. The summed E-state index contributed by atoms with van der Waals surface area (Å²) in [5.41, 5.74) is 1.19. The Morgan fingerprint density at radius 3 is 2.46 bits per heavy atom. The number of halogens is 1. The molecule has 0 spiro atoms. The molecule has 2 bridgehead atoms. The number of hydrogen-bond acceptors (Lipinski definition) is 4. The maximum atomic E-state index is 12.0. The quantitative estimate of drug-likeness (QED) is 0.347. The zero-order chi connectivity index (χ0) is 19.2. The normalized spacial score (nSPS) is 24.8. The lowest BCUT2D eigenvalue weighted by atomic mass is 10.1. The summed E-state index contributed by atoms with van der Waals surface area (Å²) < 4.78 is 0. The molecule has 8 heteroatoms. The van der Waals surface area contributed by atoms with Crippen molar-refractivity contribution in [1.82, 2.24) is 25.3 Å². The highest BCUT2D eigenvalue weighted by Gasteiger charge is 2.31. The molecule has 7 nitrogen and oxygen atoms in total. The molecule has 0 aromatic heterocycles. The monoisotopic (exact) mass is 500 g/mol. The molecule has 3 fully saturated rings. The molecule has 2 N–H and O–H groups in total. The molecule has 3 saturated heterocycles. The van der Waals surface area contributed by atoms with Crippen molar-refractivity contribution in [2.45, 2.75) is 19.0 Å². The van der Waals surface area contributed by atoms with Crippen molar-refractivity contribution in [2.24, 2.45) is 4.99 Å². The van der Waals surface area contributed by atoms with Gasteiger partial charge in [-0.25, -0.2) is 4.99 Å². The predicted molar refractivity (Wildman–Crippen MR) is 124 cm³/mol. The first kappa shape index (κ1) is 22.9. The van der Waals surface area contributed by atoms with Gasteiger partial charge in [0.25, 0.3) is 0 Å². The molecule has 3 heterocycles. The summed E-state index contributed by atoms with van der Waals surface area (Å²) in [7, 11) is 3.51. The van der Waals surface area contributed by atoms with Crippen molar-refractivity contribution < 1.29 is 4.79 Å². The van der Waals surface area contributed by atoms with Crippen LogP contribution in [-0.2, 0) is 4.79 Å². The van der Waals surface area contributed by atoms with E-state index in [0.29, 0.717) is 12.0 Å². The van der Waals surface area contributed by atoms with Gasteiger partial charge in [-0.2, -0.15) is 0 Å². The third-order valence-electron chi connectivity index (χ3n) is 5.42. The number of carbonyl (C=O) groups is 1. The van der Waals surface area contributed by atoms with Crippen LogP contribution in [0.2, 0.25) is 0 Å². The molecule has 1 aromatic carbocycles. The van der Waals surface area contributed by atoms with Crippen LogP contribution in [-0.4, -0.2) is 92.5 Å². The fourth-order valence-electron chi connectivity index (χ4n) is 3.60. The van der Waals surface area contributed by atoms with E-state index < -0.39 is 0 Å². The van der Waals surface area contributed by atoms with E-state index in [-0.39, 0.29) is 42.5 Å². The highest BCUT2D eigenvalue weighted by molar-refractivity contribution is 14.0. The van der Waals surface area contributed by atoms with Crippen molar-refractivity contribution in [2.75, 3.05) is 59.9 Å². The first-order valence-electron chi connectivity index (χ1n) is 9.79. The number of hydrogen-bond donors (Lipinski definition) is 2. The lowest BCUT2D eigenvalue weighted by molar-refractivity contribution is -0.127. The second-order valence-electron chi connectivity index (χ2n) is 7.60. The molecule has 156 valence electrons. The van der Waals surface area contributed by atoms with Gasteiger partial charge in [0.05, 0.1) is 6.04 Å². The van der Waals surface area contributed by atoms with Crippen LogP contribution in [0.1, 0.15) is 18.5 Å². The number of carbonyl (C=O) groups excluding carboxylic acids is 1. The maximum Gasteiger partial charge on any atom is 0.243 e. The molecule has 28 heavy (non-hydrogen) atoms. The van der Waals surface area contributed by atoms with E-state index in [9.17, 15) is 4.79 Å². The van der Waals surface area contributed by atoms with Crippen LogP contribution in [0, 0.1) is 0 Å². The number of amides is 1. The van der Waals surface area contributed by atoms with Gasteiger partial charge >= 0.3 is 0 Å². The highest BCUT2D eigenvalue weighted by atomic mass is 127. The molecule has 0 saturated carbocycles. The average molecular weight is 500 g/mol. The van der Waals surface area contributed by atoms with Gasteiger partial charge in [0.1, 0.15) is 6.54 Å². The van der Waals surface area contributed by atoms with Crippen LogP contribution in [0.3, 0.4) is 0 Å². The molecule has 0 aliphatic carbocycles. The number of rotatable bonds is 6. The summed E-state index contributed by atoms with van der Waals surface area (Å²) in [6.45, 7) is 8.83. The number of benzene rings is 1. The molecular formula is C20H33IN6O. The van der Waals surface area contributed by atoms with Crippen LogP contribution in [0.15, 0.2) is 35.3 Å². The molecule has 1 amide bonds. The van der Waals surface area contributed by atoms with Gasteiger partial charge in [0.15, 0.2) is 5.96 Å². The smallest absolute Gasteiger partial charge is 0.243 e. The Hall–Kier alpha value is -1.39. The van der Waals surface area contributed by atoms with E-state index in [1.807, 2.05) is 18.2 Å². The number of fused-ring (bicyclic) bond motifs is 3. The summed E-state index contributed by atoms with van der Waals surface area (Å²) in [6.07, 6.45) is 0. The number of nitrogens with one attached hydrogen (secondary N) is 2. The third kappa shape index (κ3) is 6.31. The van der Waals surface area contributed by atoms with Crippen molar-refractivity contribution in [3.63, 3.8) is 0 Å². The minimum absolute atomic E-state index is 0. The number of piperazine rings is 3. The number of guanidine groups is 1. The second kappa shape index (κ2) is 11.0. The lowest BCUT2D eigenvalue weighted by Crippen LogP contribution is -2.63. The van der Waals surface area contributed by atoms with Gasteiger partial charge in [0, 0.05) is 59.4 Å². The van der Waals surface area contributed by atoms with Crippen LogP contribution in [0.5, 0.6) is 0 Å². The zero-order valence-electron chi connectivity index (χ0n) is 17.1. The van der Waals surface area contributed by atoms with E-state index in [4.69, 9.17) is 0 Å². The first-order valence-corrected chi connectivity index (χ1v) is 9.79. The molecule has 1 aromatic rings. The summed E-state index contributed by atoms with van der Waals surface area (Å²) in [5.74, 6) is 0.689. The summed E-state index contributed by atoms with van der Waals surface area (Å²) in [6, 6.07) is 10.9. The van der Waals surface area contributed by atoms with Crippen LogP contribution in [0.25, 0.3) is 0 Å². The third-order valence-corrected chi connectivity index (χ3v) is 5.42. The fraction of sp³-hybridized carbons (Fsp3) is 0.600. The summed E-state index contributed by atoms with van der Waals surface area (Å²) in [4.78, 5) is 23.1. The standard InChI is InChI=1S/C20H32N6O.HI/c1-16(17-7-5-4-6-8-17)23-20(22-14-19(27)24(2)3)21-13-18-15-25-9-11-26(18)12-10-25;/h4-8,16,18H,9-15H2,1-3H3,(H2,21,22,23);1H. The Balaban J connectivity index is 0.00000280. The Labute approximate surface area is 185 Å². The summed E-state index contributed by atoms with van der Waals surface area (Å²) >= 11 is 0. The topological polar surface area (TPSA) is 63.2 Å². The molecule has 2 atom stereocenters. The van der Waals surface area contributed by atoms with Gasteiger partial charge in [-0.15, -0.1) is 24.0 Å². The summed E-state index contributed by atoms with van der Waals surface area (Å²) in [5, 5.41) is 6.92. The maximum absolute atomic E-state index is 12.0. The minimum Gasteiger partial charge on any atom is -0.355 e. The second-order valence-corrected chi connectivity index (χ2v) is 7.60. The largest absolute Gasteiger partial charge is 0.355 e. The average Bonchev–Trinajstić information content (AvgIpc) is 2.71. The highest BCUT2D eigenvalue weighted by Crippen LogP contribution is 2.15. The Bertz CT molecular complexity index is 645. The molecule has 2 unspecified atom stereocenters. The Morgan fingerprint density at radius 1 is 1.21 bits per heavy atom. The van der Waals surface area contributed by atoms with Gasteiger partial charge in [-0.05, 0) is 12.5 Å². The van der Waals surface area contributed by atoms with Gasteiger partial charge < -0.3 is 15.5 Å². The van der Waals surface area contributed by atoms with E-state index in [1.165, 1.54) is 18.7 Å². The molecule has 3 aliphatic rings. The van der Waals surface area contributed by atoms with Crippen molar-refractivity contribution in [1.29, 1.82) is 0 Å². The molecule has 3 aliphatic heterocycles. The lowest BCUT2D eigenvalue weighted by Gasteiger charge is -2.47. The SMILES string of the molecule is CC(NC(=NCC(=O)N(C)C)NCC1CN2CCN1CC2)c1ccccc1.I. The molecule has 0 radical (unpaired) electrons. The van der Waals surface area contributed by atoms with E-state index in [2.05, 4.69) is 44.5 Å². The molecule has 4 rings (SSSR count). The van der Waals surface area contributed by atoms with Crippen molar-refractivity contribution >= 4 is 35.8 Å². The van der Waals surface area contributed by atoms with Crippen molar-refractivity contribution in [3.05, 3.63) is 35.9 Å². The minimum atomic E-state index is -0.00458. The van der Waals surface area contributed by atoms with Gasteiger partial charge in [-0.3, -0.25) is 14.6 Å². The van der Waals surface area contributed by atoms with Crippen LogP contribution < -0.4 is 10.6 Å². The van der Waals surface area contributed by atoms with Gasteiger partial charge in [0.2, 0.25) is 5.91 Å². The Morgan fingerprint density at radius 2 is 1.89 bits per heavy atom. The van der Waals surface area contributed by atoms with Crippen LogP contribution >= 0.6 is 24.0 Å². The van der Waals surface area contributed by atoms with E-state index >= 15 is 0 Å². The number of aliphatic imine (C=N–C) groups is 1. The van der Waals surface area contributed by atoms with Crippen molar-refractivity contribution in [3.8, 4) is 0 Å². The van der Waals surface area contributed by atoms with E-state index in [1.54, 1.807) is 19.0 Å².